The molecule has 10 heteroatoms. The minimum Gasteiger partial charge on any atom is -0.368 e. The van der Waals surface area contributed by atoms with Gasteiger partial charge >= 0.3 is 0 Å². The third-order valence-corrected chi connectivity index (χ3v) is 6.69. The van der Waals surface area contributed by atoms with Gasteiger partial charge in [0.05, 0.1) is 10.4 Å². The summed E-state index contributed by atoms with van der Waals surface area (Å²) in [6.07, 6.45) is 0. The molecule has 0 fully saturated rings. The van der Waals surface area contributed by atoms with E-state index in [1.54, 1.807) is 19.1 Å². The lowest BCUT2D eigenvalue weighted by molar-refractivity contribution is -0.118. The minimum absolute atomic E-state index is 0.128. The first-order chi connectivity index (χ1) is 14.8. The Morgan fingerprint density at radius 2 is 1.87 bits per heavy atom. The Hall–Kier alpha value is -3.53. The van der Waals surface area contributed by atoms with Gasteiger partial charge in [0, 0.05) is 25.4 Å². The van der Waals surface area contributed by atoms with Gasteiger partial charge in [-0.2, -0.15) is 4.52 Å². The van der Waals surface area contributed by atoms with Gasteiger partial charge in [-0.15, -0.1) is 5.10 Å². The number of carbonyl (C=O) groups excluding carboxylic acids is 1. The number of hydrogen-bond donors (Lipinski definition) is 2. The lowest BCUT2D eigenvalue weighted by Gasteiger charge is -2.11. The van der Waals surface area contributed by atoms with Crippen LogP contribution >= 0.6 is 0 Å². The molecule has 9 nitrogen and oxygen atoms in total. The molecule has 0 atom stereocenters. The van der Waals surface area contributed by atoms with E-state index in [9.17, 15) is 13.2 Å². The zero-order valence-electron chi connectivity index (χ0n) is 17.4. The molecular weight excluding hydrogens is 416 g/mol. The predicted molar refractivity (Wildman–Crippen MR) is 117 cm³/mol. The summed E-state index contributed by atoms with van der Waals surface area (Å²) in [4.78, 5) is 15.9. The summed E-state index contributed by atoms with van der Waals surface area (Å²) >= 11 is 0. The van der Waals surface area contributed by atoms with Gasteiger partial charge in [-0.3, -0.25) is 4.79 Å². The van der Waals surface area contributed by atoms with Gasteiger partial charge in [-0.05, 0) is 43.2 Å². The van der Waals surface area contributed by atoms with Gasteiger partial charge in [0.15, 0.2) is 5.65 Å². The highest BCUT2D eigenvalue weighted by Crippen LogP contribution is 2.29. The number of anilines is 1. The normalized spacial score (nSPS) is 11.7. The standard InChI is InChI=1S/C21H22N6O3S/c1-13-8-9-14(2)18(12-13)31(29,30)21-20-24-19(23-11-10-22-15(3)28)16-6-4-5-7-17(16)27(20)26-25-21/h4-9,12H,10-11H2,1-3H3,(H,22,28)(H,23,24). The molecule has 4 aromatic rings. The molecule has 0 aliphatic rings. The van der Waals surface area contributed by atoms with E-state index in [1.807, 2.05) is 37.3 Å². The zero-order valence-corrected chi connectivity index (χ0v) is 18.2. The fourth-order valence-electron chi connectivity index (χ4n) is 3.37. The Kier molecular flexibility index (Phi) is 5.32. The van der Waals surface area contributed by atoms with Gasteiger partial charge in [-0.1, -0.05) is 29.5 Å². The number of carbonyl (C=O) groups is 1. The first-order valence-corrected chi connectivity index (χ1v) is 11.2. The van der Waals surface area contributed by atoms with Crippen LogP contribution in [0.5, 0.6) is 0 Å². The van der Waals surface area contributed by atoms with Crippen molar-refractivity contribution in [3.63, 3.8) is 0 Å². The molecule has 0 radical (unpaired) electrons. The van der Waals surface area contributed by atoms with E-state index in [0.29, 0.717) is 30.0 Å². The number of sulfone groups is 1. The Morgan fingerprint density at radius 3 is 2.65 bits per heavy atom. The van der Waals surface area contributed by atoms with Crippen LogP contribution in [0.2, 0.25) is 0 Å². The molecule has 0 aliphatic heterocycles. The van der Waals surface area contributed by atoms with Crippen LogP contribution in [0.4, 0.5) is 5.82 Å². The molecule has 0 spiro atoms. The zero-order chi connectivity index (χ0) is 22.2. The number of fused-ring (bicyclic) bond motifs is 3. The summed E-state index contributed by atoms with van der Waals surface area (Å²) in [6, 6.07) is 12.6. The van der Waals surface area contributed by atoms with E-state index in [0.717, 1.165) is 10.9 Å². The van der Waals surface area contributed by atoms with E-state index in [4.69, 9.17) is 0 Å². The highest BCUT2D eigenvalue weighted by atomic mass is 32.2. The SMILES string of the molecule is CC(=O)NCCNc1nc2c(S(=O)(=O)c3cc(C)ccc3C)nnn2c2ccccc12. The van der Waals surface area contributed by atoms with Crippen molar-refractivity contribution in [1.29, 1.82) is 0 Å². The van der Waals surface area contributed by atoms with Crippen LogP contribution in [0, 0.1) is 13.8 Å². The second-order valence-corrected chi connectivity index (χ2v) is 9.12. The number of rotatable bonds is 6. The smallest absolute Gasteiger partial charge is 0.229 e. The number of benzene rings is 2. The van der Waals surface area contributed by atoms with Crippen LogP contribution in [0.25, 0.3) is 16.6 Å². The molecule has 160 valence electrons. The second kappa shape index (κ2) is 7.95. The van der Waals surface area contributed by atoms with Crippen molar-refractivity contribution in [2.45, 2.75) is 30.7 Å². The average molecular weight is 439 g/mol. The molecule has 0 bridgehead atoms. The molecule has 2 aromatic heterocycles. The molecule has 0 saturated carbocycles. The summed E-state index contributed by atoms with van der Waals surface area (Å²) in [6.45, 7) is 5.86. The Balaban J connectivity index is 1.87. The van der Waals surface area contributed by atoms with Crippen LogP contribution < -0.4 is 10.6 Å². The van der Waals surface area contributed by atoms with E-state index in [-0.39, 0.29) is 21.5 Å². The largest absolute Gasteiger partial charge is 0.368 e. The van der Waals surface area contributed by atoms with Gasteiger partial charge in [-0.25, -0.2) is 13.4 Å². The topological polar surface area (TPSA) is 118 Å². The highest BCUT2D eigenvalue weighted by Gasteiger charge is 2.28. The number of para-hydroxylation sites is 1. The van der Waals surface area contributed by atoms with Crippen LogP contribution in [0.15, 0.2) is 52.4 Å². The monoisotopic (exact) mass is 438 g/mol. The molecule has 0 unspecified atom stereocenters. The first-order valence-electron chi connectivity index (χ1n) is 9.74. The fraction of sp³-hybridized carbons (Fsp3) is 0.238. The molecule has 0 aliphatic carbocycles. The number of aromatic nitrogens is 4. The third-order valence-electron chi connectivity index (χ3n) is 4.90. The van der Waals surface area contributed by atoms with Gasteiger partial charge < -0.3 is 10.6 Å². The lowest BCUT2D eigenvalue weighted by Crippen LogP contribution is -2.26. The number of nitrogens with zero attached hydrogens (tertiary/aromatic N) is 4. The van der Waals surface area contributed by atoms with Gasteiger partial charge in [0.25, 0.3) is 0 Å². The van der Waals surface area contributed by atoms with Gasteiger partial charge in [0.2, 0.25) is 20.8 Å². The van der Waals surface area contributed by atoms with E-state index in [2.05, 4.69) is 25.9 Å². The molecule has 1 amide bonds. The predicted octanol–water partition coefficient (Wildman–Crippen LogP) is 2.28. The maximum atomic E-state index is 13.4. The van der Waals surface area contributed by atoms with E-state index in [1.165, 1.54) is 11.4 Å². The minimum atomic E-state index is -3.94. The van der Waals surface area contributed by atoms with Crippen molar-refractivity contribution < 1.29 is 13.2 Å². The number of aryl methyl sites for hydroxylation is 2. The second-order valence-electron chi connectivity index (χ2n) is 7.29. The molecule has 2 N–H and O–H groups in total. The van der Waals surface area contributed by atoms with Crippen LogP contribution in [0.3, 0.4) is 0 Å². The van der Waals surface area contributed by atoms with Crippen molar-refractivity contribution in [3.8, 4) is 0 Å². The van der Waals surface area contributed by atoms with Crippen LogP contribution in [-0.2, 0) is 14.6 Å². The Bertz CT molecular complexity index is 1410. The number of hydrogen-bond acceptors (Lipinski definition) is 7. The average Bonchev–Trinajstić information content (AvgIpc) is 3.17. The quantitative estimate of drug-likeness (QED) is 0.443. The van der Waals surface area contributed by atoms with Crippen LogP contribution in [0.1, 0.15) is 18.1 Å². The Morgan fingerprint density at radius 1 is 1.10 bits per heavy atom. The van der Waals surface area contributed by atoms with Crippen molar-refractivity contribution in [2.24, 2.45) is 0 Å². The number of amides is 1. The van der Waals surface area contributed by atoms with Gasteiger partial charge in [0.1, 0.15) is 5.82 Å². The van der Waals surface area contributed by atoms with Crippen molar-refractivity contribution in [1.82, 2.24) is 25.1 Å². The fourth-order valence-corrected chi connectivity index (χ4v) is 4.93. The first kappa shape index (κ1) is 20.7. The summed E-state index contributed by atoms with van der Waals surface area (Å²) in [5.74, 6) is 0.366. The third kappa shape index (κ3) is 3.81. The molecule has 31 heavy (non-hydrogen) atoms. The Labute approximate surface area is 179 Å². The molecule has 2 aromatic carbocycles. The summed E-state index contributed by atoms with van der Waals surface area (Å²) in [5.41, 5.74) is 2.27. The van der Waals surface area contributed by atoms with Crippen molar-refractivity contribution >= 4 is 38.1 Å². The molecule has 2 heterocycles. The lowest BCUT2D eigenvalue weighted by atomic mass is 10.2. The summed E-state index contributed by atoms with van der Waals surface area (Å²) < 4.78 is 28.3. The van der Waals surface area contributed by atoms with Crippen molar-refractivity contribution in [2.75, 3.05) is 18.4 Å². The van der Waals surface area contributed by atoms with Crippen LogP contribution in [-0.4, -0.2) is 47.2 Å². The maximum Gasteiger partial charge on any atom is 0.229 e. The molecule has 0 saturated heterocycles. The van der Waals surface area contributed by atoms with E-state index < -0.39 is 9.84 Å². The summed E-state index contributed by atoms with van der Waals surface area (Å²) in [5, 5.41) is 14.5. The summed E-state index contributed by atoms with van der Waals surface area (Å²) in [7, 11) is -3.94. The molecular formula is C21H22N6O3S. The number of nitrogens with one attached hydrogen (secondary N) is 2. The van der Waals surface area contributed by atoms with Crippen molar-refractivity contribution in [3.05, 3.63) is 53.6 Å². The highest BCUT2D eigenvalue weighted by molar-refractivity contribution is 7.91. The van der Waals surface area contributed by atoms with E-state index >= 15 is 0 Å². The molecule has 4 rings (SSSR count). The maximum absolute atomic E-state index is 13.4.